The van der Waals surface area contributed by atoms with Crippen molar-refractivity contribution in [3.63, 3.8) is 0 Å². The molecule has 0 aliphatic rings. The van der Waals surface area contributed by atoms with Crippen LogP contribution in [-0.4, -0.2) is 6.54 Å². The van der Waals surface area contributed by atoms with Crippen LogP contribution < -0.4 is 5.32 Å². The van der Waals surface area contributed by atoms with E-state index in [4.69, 9.17) is 5.26 Å². The third-order valence-corrected chi connectivity index (χ3v) is 2.83. The lowest BCUT2D eigenvalue weighted by Crippen LogP contribution is -2.11. The van der Waals surface area contributed by atoms with Crippen molar-refractivity contribution in [1.82, 2.24) is 0 Å². The zero-order valence-corrected chi connectivity index (χ0v) is 11.3. The quantitative estimate of drug-likeness (QED) is 0.775. The van der Waals surface area contributed by atoms with E-state index >= 15 is 0 Å². The van der Waals surface area contributed by atoms with Crippen molar-refractivity contribution in [2.75, 3.05) is 11.9 Å². The molecule has 0 unspecified atom stereocenters. The lowest BCUT2D eigenvalue weighted by atomic mass is 9.90. The van der Waals surface area contributed by atoms with E-state index in [2.05, 4.69) is 43.4 Å². The smallest absolute Gasteiger partial charge is 0.0683 e. The number of hydrogen-bond donors (Lipinski definition) is 1. The van der Waals surface area contributed by atoms with E-state index in [1.807, 2.05) is 13.8 Å². The summed E-state index contributed by atoms with van der Waals surface area (Å²) in [7, 11) is 0. The normalized spacial score (nSPS) is 11.0. The minimum atomic E-state index is -0.204. The molecule has 1 aromatic rings. The maximum atomic E-state index is 8.91. The van der Waals surface area contributed by atoms with Gasteiger partial charge >= 0.3 is 0 Å². The first kappa shape index (κ1) is 13.6. The first-order valence-electron chi connectivity index (χ1n) is 6.16. The van der Waals surface area contributed by atoms with Gasteiger partial charge in [-0.2, -0.15) is 5.26 Å². The molecule has 0 aliphatic heterocycles. The lowest BCUT2D eigenvalue weighted by Gasteiger charge is -2.15. The molecule has 1 N–H and O–H groups in total. The molecule has 17 heavy (non-hydrogen) atoms. The Kier molecular flexibility index (Phi) is 4.57. The van der Waals surface area contributed by atoms with E-state index in [9.17, 15) is 0 Å². The highest BCUT2D eigenvalue weighted by Crippen LogP contribution is 2.21. The van der Waals surface area contributed by atoms with Crippen LogP contribution in [0.4, 0.5) is 5.69 Å². The van der Waals surface area contributed by atoms with Crippen LogP contribution in [0.5, 0.6) is 0 Å². The van der Waals surface area contributed by atoms with E-state index in [0.717, 1.165) is 19.4 Å². The van der Waals surface area contributed by atoms with Crippen LogP contribution in [-0.2, 0) is 0 Å². The average molecular weight is 230 g/mol. The Morgan fingerprint density at radius 2 is 1.76 bits per heavy atom. The number of nitriles is 1. The van der Waals surface area contributed by atoms with Gasteiger partial charge in [-0.3, -0.25) is 0 Å². The Morgan fingerprint density at radius 3 is 2.29 bits per heavy atom. The van der Waals surface area contributed by atoms with Crippen LogP contribution in [0.15, 0.2) is 18.2 Å². The number of rotatable bonds is 5. The van der Waals surface area contributed by atoms with E-state index in [-0.39, 0.29) is 5.41 Å². The number of nitrogens with zero attached hydrogens (tertiary/aromatic N) is 1. The zero-order valence-electron chi connectivity index (χ0n) is 11.3. The SMILES string of the molecule is Cc1cc(C)cc(NCCCC(C)(C)C#N)c1. The van der Waals surface area contributed by atoms with Crippen LogP contribution in [0.25, 0.3) is 0 Å². The third kappa shape index (κ3) is 4.91. The monoisotopic (exact) mass is 230 g/mol. The summed E-state index contributed by atoms with van der Waals surface area (Å²) in [6.45, 7) is 9.12. The third-order valence-electron chi connectivity index (χ3n) is 2.83. The maximum Gasteiger partial charge on any atom is 0.0683 e. The highest BCUT2D eigenvalue weighted by atomic mass is 14.9. The molecule has 2 nitrogen and oxygen atoms in total. The Balaban J connectivity index is 2.39. The number of nitrogens with one attached hydrogen (secondary N) is 1. The minimum Gasteiger partial charge on any atom is -0.385 e. The van der Waals surface area contributed by atoms with Crippen molar-refractivity contribution in [2.45, 2.75) is 40.5 Å². The summed E-state index contributed by atoms with van der Waals surface area (Å²) in [4.78, 5) is 0. The summed E-state index contributed by atoms with van der Waals surface area (Å²) in [6, 6.07) is 8.81. The fraction of sp³-hybridized carbons (Fsp3) is 0.533. The molecule has 0 aromatic heterocycles. The van der Waals surface area contributed by atoms with Crippen molar-refractivity contribution in [2.24, 2.45) is 5.41 Å². The molecule has 0 saturated carbocycles. The van der Waals surface area contributed by atoms with E-state index in [1.165, 1.54) is 16.8 Å². The summed E-state index contributed by atoms with van der Waals surface area (Å²) in [5.41, 5.74) is 3.54. The van der Waals surface area contributed by atoms with Gasteiger partial charge in [-0.05, 0) is 63.8 Å². The van der Waals surface area contributed by atoms with Gasteiger partial charge in [-0.15, -0.1) is 0 Å². The molecule has 1 rings (SSSR count). The van der Waals surface area contributed by atoms with Crippen molar-refractivity contribution in [3.8, 4) is 6.07 Å². The maximum absolute atomic E-state index is 8.91. The topological polar surface area (TPSA) is 35.8 Å². The largest absolute Gasteiger partial charge is 0.385 e. The Morgan fingerprint density at radius 1 is 1.18 bits per heavy atom. The Hall–Kier alpha value is -1.49. The average Bonchev–Trinajstić information content (AvgIpc) is 2.23. The first-order valence-corrected chi connectivity index (χ1v) is 6.16. The predicted octanol–water partition coefficient (Wildman–Crippen LogP) is 4.05. The van der Waals surface area contributed by atoms with Crippen LogP contribution in [0.2, 0.25) is 0 Å². The highest BCUT2D eigenvalue weighted by molar-refractivity contribution is 5.48. The molecule has 0 radical (unpaired) electrons. The zero-order chi connectivity index (χ0) is 12.9. The van der Waals surface area contributed by atoms with Gasteiger partial charge in [0.1, 0.15) is 0 Å². The van der Waals surface area contributed by atoms with Gasteiger partial charge in [-0.25, -0.2) is 0 Å². The predicted molar refractivity (Wildman–Crippen MR) is 73.0 cm³/mol. The standard InChI is InChI=1S/C15H22N2/c1-12-8-13(2)10-14(9-12)17-7-5-6-15(3,4)11-16/h8-10,17H,5-7H2,1-4H3. The highest BCUT2D eigenvalue weighted by Gasteiger charge is 2.15. The number of aryl methyl sites for hydroxylation is 2. The lowest BCUT2D eigenvalue weighted by molar-refractivity contribution is 0.441. The summed E-state index contributed by atoms with van der Waals surface area (Å²) in [5.74, 6) is 0. The number of hydrogen-bond acceptors (Lipinski definition) is 2. The van der Waals surface area contributed by atoms with Crippen LogP contribution in [0.3, 0.4) is 0 Å². The number of benzene rings is 1. The number of anilines is 1. The molecule has 1 aromatic carbocycles. The molecule has 0 spiro atoms. The molecule has 0 heterocycles. The molecule has 0 amide bonds. The van der Waals surface area contributed by atoms with Gasteiger partial charge in [0.25, 0.3) is 0 Å². The summed E-state index contributed by atoms with van der Waals surface area (Å²) >= 11 is 0. The second-order valence-corrected chi connectivity index (χ2v) is 5.40. The van der Waals surface area contributed by atoms with Gasteiger partial charge in [0, 0.05) is 12.2 Å². The molecule has 0 bridgehead atoms. The molecule has 0 atom stereocenters. The van der Waals surface area contributed by atoms with Crippen molar-refractivity contribution in [1.29, 1.82) is 5.26 Å². The fourth-order valence-corrected chi connectivity index (χ4v) is 1.90. The summed E-state index contributed by atoms with van der Waals surface area (Å²) in [6.07, 6.45) is 1.95. The molecular formula is C15H22N2. The van der Waals surface area contributed by atoms with Gasteiger partial charge in [0.15, 0.2) is 0 Å². The van der Waals surface area contributed by atoms with Gasteiger partial charge in [0.05, 0.1) is 11.5 Å². The second-order valence-electron chi connectivity index (χ2n) is 5.40. The van der Waals surface area contributed by atoms with E-state index in [1.54, 1.807) is 0 Å². The van der Waals surface area contributed by atoms with E-state index in [0.29, 0.717) is 0 Å². The van der Waals surface area contributed by atoms with Crippen molar-refractivity contribution in [3.05, 3.63) is 29.3 Å². The molecule has 92 valence electrons. The molecule has 0 aliphatic carbocycles. The van der Waals surface area contributed by atoms with Gasteiger partial charge in [0.2, 0.25) is 0 Å². The van der Waals surface area contributed by atoms with Crippen molar-refractivity contribution >= 4 is 5.69 Å². The van der Waals surface area contributed by atoms with Gasteiger partial charge < -0.3 is 5.32 Å². The Bertz CT molecular complexity index is 393. The summed E-state index contributed by atoms with van der Waals surface area (Å²) < 4.78 is 0. The van der Waals surface area contributed by atoms with Crippen molar-refractivity contribution < 1.29 is 0 Å². The van der Waals surface area contributed by atoms with Crippen LogP contribution in [0.1, 0.15) is 37.8 Å². The molecule has 0 fully saturated rings. The van der Waals surface area contributed by atoms with Gasteiger partial charge in [-0.1, -0.05) is 6.07 Å². The first-order chi connectivity index (χ1) is 7.93. The second kappa shape index (κ2) is 5.72. The molecule has 2 heteroatoms. The summed E-state index contributed by atoms with van der Waals surface area (Å²) in [5, 5.41) is 12.3. The Labute approximate surface area is 105 Å². The van der Waals surface area contributed by atoms with Crippen LogP contribution >= 0.6 is 0 Å². The minimum absolute atomic E-state index is 0.204. The molecule has 0 saturated heterocycles. The van der Waals surface area contributed by atoms with Crippen LogP contribution in [0, 0.1) is 30.6 Å². The van der Waals surface area contributed by atoms with E-state index < -0.39 is 0 Å². The fourth-order valence-electron chi connectivity index (χ4n) is 1.90. The molecular weight excluding hydrogens is 208 g/mol.